The van der Waals surface area contributed by atoms with Crippen LogP contribution in [-0.4, -0.2) is 47.0 Å². The number of carbonyl (C=O) groups excluding carboxylic acids is 1. The predicted octanol–water partition coefficient (Wildman–Crippen LogP) is 4.04. The van der Waals surface area contributed by atoms with Gasteiger partial charge in [-0.05, 0) is 81.8 Å². The van der Waals surface area contributed by atoms with Crippen molar-refractivity contribution in [3.05, 3.63) is 42.1 Å². The summed E-state index contributed by atoms with van der Waals surface area (Å²) in [7, 11) is 0. The lowest BCUT2D eigenvalue weighted by atomic mass is 9.54. The van der Waals surface area contributed by atoms with E-state index in [4.69, 9.17) is 9.84 Å². The fraction of sp³-hybridized carbons (Fsp3) is 0.615. The fourth-order valence-corrected chi connectivity index (χ4v) is 7.31. The molecule has 1 aromatic heterocycles. The first kappa shape index (κ1) is 20.3. The van der Waals surface area contributed by atoms with Crippen molar-refractivity contribution in [3.8, 4) is 5.69 Å². The molecule has 0 radical (unpaired) electrons. The number of nitrogens with one attached hydrogen (secondary N) is 1. The maximum Gasteiger partial charge on any atom is 0.256 e. The van der Waals surface area contributed by atoms with E-state index in [2.05, 4.69) is 24.1 Å². The first-order valence-electron chi connectivity index (χ1n) is 12.4. The summed E-state index contributed by atoms with van der Waals surface area (Å²) in [6.07, 6.45) is 8.60. The second-order valence-corrected chi connectivity index (χ2v) is 10.7. The molecular formula is C26H34N4O2. The van der Waals surface area contributed by atoms with E-state index < -0.39 is 0 Å². The van der Waals surface area contributed by atoms with Crippen molar-refractivity contribution < 1.29 is 9.53 Å². The molecule has 2 aromatic rings. The molecule has 1 amide bonds. The second-order valence-electron chi connectivity index (χ2n) is 10.7. The van der Waals surface area contributed by atoms with Crippen LogP contribution in [0.15, 0.2) is 36.5 Å². The Morgan fingerprint density at radius 2 is 1.59 bits per heavy atom. The number of amides is 1. The number of ether oxygens (including phenoxy) is 1. The monoisotopic (exact) mass is 434 g/mol. The average molecular weight is 435 g/mol. The van der Waals surface area contributed by atoms with Gasteiger partial charge in [0.05, 0.1) is 24.1 Å². The van der Waals surface area contributed by atoms with Crippen molar-refractivity contribution >= 4 is 11.7 Å². The smallest absolute Gasteiger partial charge is 0.256 e. The largest absolute Gasteiger partial charge is 0.372 e. The van der Waals surface area contributed by atoms with E-state index in [9.17, 15) is 4.79 Å². The Balaban J connectivity index is 1.32. The first-order chi connectivity index (χ1) is 15.5. The summed E-state index contributed by atoms with van der Waals surface area (Å²) in [6, 6.07) is 10.4. The fourth-order valence-electron chi connectivity index (χ4n) is 7.31. The zero-order valence-electron chi connectivity index (χ0n) is 19.1. The minimum atomic E-state index is 0.0338. The number of para-hydroxylation sites is 1. The van der Waals surface area contributed by atoms with Gasteiger partial charge < -0.3 is 15.0 Å². The third kappa shape index (κ3) is 3.53. The van der Waals surface area contributed by atoms with Gasteiger partial charge in [0.15, 0.2) is 0 Å². The van der Waals surface area contributed by atoms with Crippen molar-refractivity contribution in [2.45, 2.75) is 64.2 Å². The van der Waals surface area contributed by atoms with Crippen LogP contribution in [0.1, 0.15) is 56.3 Å². The van der Waals surface area contributed by atoms with Crippen LogP contribution in [0.25, 0.3) is 5.69 Å². The molecule has 1 N–H and O–H groups in total. The standard InChI is InChI=1S/C26H34N4O2/c1-16-14-29(15-17(2)32-16)26-23(13-27-30(26)22-6-4-3-5-7-22)25(31)28-24-20-9-18-8-19(11-20)12-21(24)10-18/h3-7,13,16-21,24H,8-12,14-15H2,1-2H3,(H,28,31). The van der Waals surface area contributed by atoms with E-state index in [1.165, 1.54) is 32.1 Å². The first-order valence-corrected chi connectivity index (χ1v) is 12.4. The summed E-state index contributed by atoms with van der Waals surface area (Å²) in [6.45, 7) is 5.70. The van der Waals surface area contributed by atoms with Crippen LogP contribution in [0.2, 0.25) is 0 Å². The van der Waals surface area contributed by atoms with E-state index in [0.29, 0.717) is 23.4 Å². The molecule has 1 saturated heterocycles. The zero-order chi connectivity index (χ0) is 21.8. The summed E-state index contributed by atoms with van der Waals surface area (Å²) >= 11 is 0. The molecule has 5 aliphatic rings. The SMILES string of the molecule is CC1CN(c2c(C(=O)NC3C4CC5CC(C4)CC3C5)cnn2-c2ccccc2)CC(C)O1. The van der Waals surface area contributed by atoms with E-state index in [-0.39, 0.29) is 18.1 Å². The summed E-state index contributed by atoms with van der Waals surface area (Å²) in [5.74, 6) is 4.04. The average Bonchev–Trinajstić information content (AvgIpc) is 3.21. The molecule has 5 fully saturated rings. The molecule has 6 heteroatoms. The number of hydrogen-bond donors (Lipinski definition) is 1. The number of morpholine rings is 1. The highest BCUT2D eigenvalue weighted by Gasteiger charge is 2.48. The van der Waals surface area contributed by atoms with Crippen LogP contribution in [-0.2, 0) is 4.74 Å². The highest BCUT2D eigenvalue weighted by Crippen LogP contribution is 2.53. The van der Waals surface area contributed by atoms with Gasteiger partial charge in [-0.1, -0.05) is 18.2 Å². The third-order valence-electron chi connectivity index (χ3n) is 8.23. The summed E-state index contributed by atoms with van der Waals surface area (Å²) in [5.41, 5.74) is 1.66. The van der Waals surface area contributed by atoms with Gasteiger partial charge in [-0.2, -0.15) is 5.10 Å². The molecule has 4 bridgehead atoms. The molecule has 4 aliphatic carbocycles. The number of rotatable bonds is 4. The molecule has 1 aromatic carbocycles. The second kappa shape index (κ2) is 7.91. The molecule has 7 rings (SSSR count). The van der Waals surface area contributed by atoms with Gasteiger partial charge in [0.1, 0.15) is 11.4 Å². The molecule has 2 unspecified atom stereocenters. The van der Waals surface area contributed by atoms with Crippen molar-refractivity contribution in [3.63, 3.8) is 0 Å². The van der Waals surface area contributed by atoms with Gasteiger partial charge >= 0.3 is 0 Å². The van der Waals surface area contributed by atoms with Gasteiger partial charge in [0.2, 0.25) is 0 Å². The number of hydrogen-bond acceptors (Lipinski definition) is 4. The van der Waals surface area contributed by atoms with Crippen molar-refractivity contribution in [2.75, 3.05) is 18.0 Å². The Kier molecular flexibility index (Phi) is 5.01. The van der Waals surface area contributed by atoms with E-state index in [1.807, 2.05) is 35.0 Å². The molecule has 4 saturated carbocycles. The van der Waals surface area contributed by atoms with Crippen LogP contribution < -0.4 is 10.2 Å². The van der Waals surface area contributed by atoms with E-state index in [1.54, 1.807) is 6.20 Å². The van der Waals surface area contributed by atoms with Crippen LogP contribution in [0.3, 0.4) is 0 Å². The van der Waals surface area contributed by atoms with Crippen molar-refractivity contribution in [2.24, 2.45) is 23.7 Å². The number of aromatic nitrogens is 2. The van der Waals surface area contributed by atoms with Crippen LogP contribution in [0.5, 0.6) is 0 Å². The highest BCUT2D eigenvalue weighted by atomic mass is 16.5. The Labute approximate surface area is 190 Å². The molecular weight excluding hydrogens is 400 g/mol. The molecule has 2 atom stereocenters. The summed E-state index contributed by atoms with van der Waals surface area (Å²) < 4.78 is 7.90. The maximum absolute atomic E-state index is 13.7. The number of benzene rings is 1. The Morgan fingerprint density at radius 1 is 0.969 bits per heavy atom. The Hall–Kier alpha value is -2.34. The van der Waals surface area contributed by atoms with Gasteiger partial charge in [-0.15, -0.1) is 0 Å². The molecule has 2 heterocycles. The quantitative estimate of drug-likeness (QED) is 0.789. The lowest BCUT2D eigenvalue weighted by Gasteiger charge is -2.54. The summed E-state index contributed by atoms with van der Waals surface area (Å²) in [4.78, 5) is 16.0. The number of carbonyl (C=O) groups is 1. The third-order valence-corrected chi connectivity index (χ3v) is 8.23. The van der Waals surface area contributed by atoms with Crippen LogP contribution >= 0.6 is 0 Å². The zero-order valence-corrected chi connectivity index (χ0v) is 19.1. The minimum Gasteiger partial charge on any atom is -0.372 e. The van der Waals surface area contributed by atoms with Crippen molar-refractivity contribution in [1.29, 1.82) is 0 Å². The molecule has 6 nitrogen and oxygen atoms in total. The van der Waals surface area contributed by atoms with Gasteiger partial charge in [-0.25, -0.2) is 4.68 Å². The van der Waals surface area contributed by atoms with E-state index >= 15 is 0 Å². The van der Waals surface area contributed by atoms with Crippen molar-refractivity contribution in [1.82, 2.24) is 15.1 Å². The maximum atomic E-state index is 13.7. The normalized spacial score (nSPS) is 35.8. The van der Waals surface area contributed by atoms with Crippen LogP contribution in [0.4, 0.5) is 5.82 Å². The van der Waals surface area contributed by atoms with Gasteiger partial charge in [0, 0.05) is 19.1 Å². The molecule has 1 aliphatic heterocycles. The topological polar surface area (TPSA) is 59.4 Å². The predicted molar refractivity (Wildman–Crippen MR) is 124 cm³/mol. The molecule has 0 spiro atoms. The van der Waals surface area contributed by atoms with Gasteiger partial charge in [0.25, 0.3) is 5.91 Å². The molecule has 32 heavy (non-hydrogen) atoms. The van der Waals surface area contributed by atoms with E-state index in [0.717, 1.165) is 36.4 Å². The van der Waals surface area contributed by atoms with Crippen LogP contribution in [0, 0.1) is 23.7 Å². The number of anilines is 1. The lowest BCUT2D eigenvalue weighted by Crippen LogP contribution is -2.56. The summed E-state index contributed by atoms with van der Waals surface area (Å²) in [5, 5.41) is 8.19. The number of nitrogens with zero attached hydrogens (tertiary/aromatic N) is 3. The van der Waals surface area contributed by atoms with Gasteiger partial charge in [-0.3, -0.25) is 4.79 Å². The minimum absolute atomic E-state index is 0.0338. The highest BCUT2D eigenvalue weighted by molar-refractivity contribution is 5.99. The Morgan fingerprint density at radius 3 is 2.22 bits per heavy atom. The molecule has 170 valence electrons. The lowest BCUT2D eigenvalue weighted by molar-refractivity contribution is -0.0120. The Bertz CT molecular complexity index is 949.